The Kier molecular flexibility index (Phi) is 8.95. The lowest BCUT2D eigenvalue weighted by atomic mass is 10.1. The van der Waals surface area contributed by atoms with Gasteiger partial charge in [0.25, 0.3) is 11.8 Å². The maximum atomic E-state index is 12.4. The van der Waals surface area contributed by atoms with Crippen molar-refractivity contribution in [3.63, 3.8) is 0 Å². The van der Waals surface area contributed by atoms with Crippen LogP contribution in [0.5, 0.6) is 11.5 Å². The van der Waals surface area contributed by atoms with Gasteiger partial charge in [-0.3, -0.25) is 19.3 Å². The van der Waals surface area contributed by atoms with E-state index < -0.39 is 11.9 Å². The lowest BCUT2D eigenvalue weighted by Gasteiger charge is -2.13. The number of unbranched alkanes of at least 4 members (excludes halogenated alkanes) is 2. The zero-order valence-corrected chi connectivity index (χ0v) is 20.1. The van der Waals surface area contributed by atoms with Gasteiger partial charge in [-0.1, -0.05) is 24.6 Å². The van der Waals surface area contributed by atoms with Crippen LogP contribution < -0.4 is 9.47 Å². The molecule has 1 aliphatic rings. The third-order valence-electron chi connectivity index (χ3n) is 5.48. The van der Waals surface area contributed by atoms with Crippen LogP contribution in [-0.2, 0) is 14.3 Å². The van der Waals surface area contributed by atoms with Gasteiger partial charge in [0.05, 0.1) is 24.8 Å². The number of nitrogens with zero attached hydrogens (tertiary/aromatic N) is 2. The second-order valence-electron chi connectivity index (χ2n) is 7.89. The lowest BCUT2D eigenvalue weighted by molar-refractivity contribution is -0.138. The molecule has 0 radical (unpaired) electrons. The first-order chi connectivity index (χ1) is 17.4. The number of hydrogen-bond acceptors (Lipinski definition) is 8. The molecule has 0 saturated heterocycles. The second-order valence-corrected chi connectivity index (χ2v) is 7.89. The highest BCUT2D eigenvalue weighted by atomic mass is 16.6. The first-order valence-electron chi connectivity index (χ1n) is 11.5. The van der Waals surface area contributed by atoms with Crippen molar-refractivity contribution in [2.45, 2.75) is 32.6 Å². The predicted octanol–water partition coefficient (Wildman–Crippen LogP) is 3.93. The number of rotatable bonds is 11. The molecule has 0 unspecified atom stereocenters. The third kappa shape index (κ3) is 6.16. The van der Waals surface area contributed by atoms with Gasteiger partial charge in [-0.05, 0) is 55.7 Å². The fraction of sp³-hybridized carbons (Fsp3) is 0.296. The Morgan fingerprint density at radius 2 is 1.69 bits per heavy atom. The number of hydrogen-bond donors (Lipinski definition) is 0. The molecular weight excluding hydrogens is 464 g/mol. The Hall–Kier alpha value is -4.45. The highest BCUT2D eigenvalue weighted by molar-refractivity contribution is 6.21. The summed E-state index contributed by atoms with van der Waals surface area (Å²) >= 11 is 0. The minimum Gasteiger partial charge on any atom is -0.493 e. The second kappa shape index (κ2) is 12.3. The summed E-state index contributed by atoms with van der Waals surface area (Å²) < 4.78 is 15.5. The monoisotopic (exact) mass is 490 g/mol. The van der Waals surface area contributed by atoms with E-state index in [0.717, 1.165) is 0 Å². The van der Waals surface area contributed by atoms with Crippen molar-refractivity contribution < 1.29 is 33.4 Å². The van der Waals surface area contributed by atoms with E-state index in [0.29, 0.717) is 42.5 Å². The standard InChI is InChI=1S/C27H26N2O7/c1-3-35-27(33)19(17-28)15-18-12-13-22(23(16-18)34-2)36-24(30)11-5-4-8-14-29-25(31)20-9-6-7-10-21(20)26(29)32/h6-7,9-10,12-13,15-16H,3-5,8,11,14H2,1-2H3/b19-15+. The number of benzene rings is 2. The molecule has 0 bridgehead atoms. The minimum absolute atomic E-state index is 0.147. The maximum Gasteiger partial charge on any atom is 0.348 e. The summed E-state index contributed by atoms with van der Waals surface area (Å²) in [7, 11) is 1.41. The van der Waals surface area contributed by atoms with Crippen LogP contribution in [0.2, 0.25) is 0 Å². The highest BCUT2D eigenvalue weighted by Crippen LogP contribution is 2.29. The molecular formula is C27H26N2O7. The van der Waals surface area contributed by atoms with Gasteiger partial charge in [0, 0.05) is 13.0 Å². The summed E-state index contributed by atoms with van der Waals surface area (Å²) in [5.41, 5.74) is 1.19. The van der Waals surface area contributed by atoms with Crippen LogP contribution in [0, 0.1) is 11.3 Å². The van der Waals surface area contributed by atoms with Crippen molar-refractivity contribution in [3.8, 4) is 17.6 Å². The summed E-state index contributed by atoms with van der Waals surface area (Å²) in [6.45, 7) is 2.09. The van der Waals surface area contributed by atoms with Gasteiger partial charge in [0.15, 0.2) is 11.5 Å². The van der Waals surface area contributed by atoms with Gasteiger partial charge < -0.3 is 14.2 Å². The molecule has 0 atom stereocenters. The Morgan fingerprint density at radius 1 is 1.00 bits per heavy atom. The molecule has 0 N–H and O–H groups in total. The molecule has 9 heteroatoms. The zero-order valence-electron chi connectivity index (χ0n) is 20.1. The number of nitriles is 1. The fourth-order valence-electron chi connectivity index (χ4n) is 3.70. The van der Waals surface area contributed by atoms with E-state index in [1.807, 2.05) is 0 Å². The molecule has 2 aromatic carbocycles. The molecule has 2 aromatic rings. The molecule has 0 spiro atoms. The van der Waals surface area contributed by atoms with Crippen molar-refractivity contribution in [2.24, 2.45) is 0 Å². The molecule has 2 amide bonds. The first kappa shape index (κ1) is 26.2. The average Bonchev–Trinajstić information content (AvgIpc) is 3.12. The van der Waals surface area contributed by atoms with Crippen LogP contribution in [0.3, 0.4) is 0 Å². The molecule has 1 aliphatic heterocycles. The smallest absolute Gasteiger partial charge is 0.348 e. The summed E-state index contributed by atoms with van der Waals surface area (Å²) in [6, 6.07) is 13.2. The Balaban J connectivity index is 1.48. The molecule has 0 fully saturated rings. The number of methoxy groups -OCH3 is 1. The number of imide groups is 1. The van der Waals surface area contributed by atoms with E-state index in [9.17, 15) is 24.4 Å². The van der Waals surface area contributed by atoms with Crippen LogP contribution in [0.1, 0.15) is 58.9 Å². The van der Waals surface area contributed by atoms with Gasteiger partial charge in [-0.25, -0.2) is 4.79 Å². The van der Waals surface area contributed by atoms with Gasteiger partial charge in [0.1, 0.15) is 11.6 Å². The lowest BCUT2D eigenvalue weighted by Crippen LogP contribution is -2.30. The molecule has 3 rings (SSSR count). The Morgan fingerprint density at radius 3 is 2.31 bits per heavy atom. The number of carbonyl (C=O) groups is 4. The van der Waals surface area contributed by atoms with Crippen LogP contribution in [-0.4, -0.2) is 48.9 Å². The number of ether oxygens (including phenoxy) is 3. The van der Waals surface area contributed by atoms with E-state index >= 15 is 0 Å². The largest absolute Gasteiger partial charge is 0.493 e. The molecule has 0 saturated carbocycles. The number of carbonyl (C=O) groups excluding carboxylic acids is 4. The summed E-state index contributed by atoms with van der Waals surface area (Å²) in [4.78, 5) is 50.1. The Labute approximate surface area is 208 Å². The van der Waals surface area contributed by atoms with Crippen molar-refractivity contribution in [3.05, 3.63) is 64.7 Å². The van der Waals surface area contributed by atoms with Crippen LogP contribution in [0.25, 0.3) is 6.08 Å². The van der Waals surface area contributed by atoms with Crippen molar-refractivity contribution in [1.29, 1.82) is 5.26 Å². The molecule has 1 heterocycles. The van der Waals surface area contributed by atoms with Crippen molar-refractivity contribution in [1.82, 2.24) is 4.90 Å². The normalized spacial score (nSPS) is 12.7. The van der Waals surface area contributed by atoms with E-state index in [-0.39, 0.29) is 41.9 Å². The number of fused-ring (bicyclic) bond motifs is 1. The average molecular weight is 491 g/mol. The first-order valence-corrected chi connectivity index (χ1v) is 11.5. The van der Waals surface area contributed by atoms with E-state index in [1.54, 1.807) is 49.4 Å². The summed E-state index contributed by atoms with van der Waals surface area (Å²) in [5.74, 6) is -1.28. The van der Waals surface area contributed by atoms with Crippen molar-refractivity contribution >= 4 is 29.8 Å². The van der Waals surface area contributed by atoms with Crippen LogP contribution >= 0.6 is 0 Å². The third-order valence-corrected chi connectivity index (χ3v) is 5.48. The van der Waals surface area contributed by atoms with Crippen LogP contribution in [0.15, 0.2) is 48.0 Å². The van der Waals surface area contributed by atoms with E-state index in [1.165, 1.54) is 24.2 Å². The fourth-order valence-corrected chi connectivity index (χ4v) is 3.70. The molecule has 9 nitrogen and oxygen atoms in total. The van der Waals surface area contributed by atoms with E-state index in [4.69, 9.17) is 14.2 Å². The van der Waals surface area contributed by atoms with Gasteiger partial charge in [-0.2, -0.15) is 5.26 Å². The summed E-state index contributed by atoms with van der Waals surface area (Å²) in [5, 5.41) is 9.18. The summed E-state index contributed by atoms with van der Waals surface area (Å²) in [6.07, 6.45) is 3.24. The topological polar surface area (TPSA) is 123 Å². The molecule has 36 heavy (non-hydrogen) atoms. The van der Waals surface area contributed by atoms with Crippen LogP contribution in [0.4, 0.5) is 0 Å². The minimum atomic E-state index is -0.725. The van der Waals surface area contributed by atoms with Gasteiger partial charge >= 0.3 is 11.9 Å². The SMILES string of the molecule is CCOC(=O)/C(C#N)=C/c1ccc(OC(=O)CCCCCN2C(=O)c3ccccc3C2=O)c(OC)c1. The van der Waals surface area contributed by atoms with E-state index in [2.05, 4.69) is 0 Å². The number of esters is 2. The van der Waals surface area contributed by atoms with Crippen molar-refractivity contribution in [2.75, 3.05) is 20.3 Å². The molecule has 0 aliphatic carbocycles. The molecule has 186 valence electrons. The quantitative estimate of drug-likeness (QED) is 0.116. The highest BCUT2D eigenvalue weighted by Gasteiger charge is 2.34. The number of amides is 2. The Bertz CT molecular complexity index is 1210. The maximum absolute atomic E-state index is 12.4. The zero-order chi connectivity index (χ0) is 26.1. The molecule has 0 aromatic heterocycles. The van der Waals surface area contributed by atoms with Gasteiger partial charge in [0.2, 0.25) is 0 Å². The van der Waals surface area contributed by atoms with Gasteiger partial charge in [-0.15, -0.1) is 0 Å². The predicted molar refractivity (Wildman–Crippen MR) is 129 cm³/mol.